The number of fused-ring (bicyclic) bond motifs is 5. The maximum Gasteiger partial charge on any atom is 0.245 e. The Kier molecular flexibility index (Phi) is 3.48. The fraction of sp³-hybridized carbons (Fsp3) is 0.190. The first-order valence-corrected chi connectivity index (χ1v) is 9.16. The summed E-state index contributed by atoms with van der Waals surface area (Å²) in [7, 11) is 0. The molecule has 2 aromatic carbocycles. The largest absolute Gasteiger partial charge is 0.287 e. The molecule has 3 aliphatic heterocycles. The van der Waals surface area contributed by atoms with Crippen molar-refractivity contribution in [2.45, 2.75) is 12.1 Å². The molecule has 0 radical (unpaired) electrons. The van der Waals surface area contributed by atoms with E-state index in [9.17, 15) is 14.9 Å². The van der Waals surface area contributed by atoms with Gasteiger partial charge in [0.15, 0.2) is 6.04 Å². The molecule has 3 aliphatic rings. The number of nitrogens with zero attached hydrogens (tertiary/aromatic N) is 2. The third kappa shape index (κ3) is 2.14. The van der Waals surface area contributed by atoms with Crippen LogP contribution in [0.2, 0.25) is 5.02 Å². The van der Waals surface area contributed by atoms with E-state index in [1.807, 2.05) is 36.5 Å². The second-order valence-electron chi connectivity index (χ2n) is 7.09. The van der Waals surface area contributed by atoms with Gasteiger partial charge in [0, 0.05) is 10.6 Å². The quantitative estimate of drug-likeness (QED) is 0.774. The highest BCUT2D eigenvalue weighted by Gasteiger charge is 2.66. The summed E-state index contributed by atoms with van der Waals surface area (Å²) in [5, 5.41) is 10.3. The predicted molar refractivity (Wildman–Crippen MR) is 99.5 cm³/mol. The van der Waals surface area contributed by atoms with Gasteiger partial charge in [-0.1, -0.05) is 35.9 Å². The number of quaternary nitrogens is 1. The third-order valence-electron chi connectivity index (χ3n) is 5.84. The maximum absolute atomic E-state index is 13.3. The molecule has 0 spiro atoms. The molecule has 27 heavy (non-hydrogen) atoms. The van der Waals surface area contributed by atoms with E-state index in [2.05, 4.69) is 6.07 Å². The van der Waals surface area contributed by atoms with E-state index in [-0.39, 0.29) is 17.9 Å². The molecule has 2 saturated heterocycles. The highest BCUT2D eigenvalue weighted by atomic mass is 35.5. The minimum Gasteiger partial charge on any atom is -0.287 e. The van der Waals surface area contributed by atoms with E-state index in [0.29, 0.717) is 10.7 Å². The van der Waals surface area contributed by atoms with E-state index >= 15 is 0 Å². The molecule has 5 atom stereocenters. The Balaban J connectivity index is 1.63. The van der Waals surface area contributed by atoms with Gasteiger partial charge >= 0.3 is 0 Å². The zero-order valence-electron chi connectivity index (χ0n) is 14.2. The number of nitriles is 1. The van der Waals surface area contributed by atoms with Gasteiger partial charge < -0.3 is 0 Å². The van der Waals surface area contributed by atoms with Gasteiger partial charge in [0.05, 0.1) is 11.9 Å². The van der Waals surface area contributed by atoms with Crippen molar-refractivity contribution in [2.24, 2.45) is 11.8 Å². The van der Waals surface area contributed by atoms with E-state index in [0.717, 1.165) is 16.0 Å². The number of imide groups is 1. The minimum absolute atomic E-state index is 0.227. The van der Waals surface area contributed by atoms with E-state index in [1.165, 1.54) is 4.90 Å². The van der Waals surface area contributed by atoms with Gasteiger partial charge in [-0.05, 0) is 35.9 Å². The summed E-state index contributed by atoms with van der Waals surface area (Å²) in [5.41, 5.74) is 2.55. The number of hydrogen-bond donors (Lipinski definition) is 1. The lowest BCUT2D eigenvalue weighted by molar-refractivity contribution is -0.885. The summed E-state index contributed by atoms with van der Waals surface area (Å²) in [5.74, 6) is -1.72. The molecule has 0 aromatic heterocycles. The van der Waals surface area contributed by atoms with Gasteiger partial charge in [-0.15, -0.1) is 0 Å². The second kappa shape index (κ2) is 5.78. The molecule has 2 fully saturated rings. The zero-order chi connectivity index (χ0) is 18.7. The molecular formula is C21H15ClN3O2+. The number of rotatable bonds is 1. The van der Waals surface area contributed by atoms with Crippen LogP contribution in [0.5, 0.6) is 0 Å². The standard InChI is InChI=1S/C21H14ClN3O2/c22-13-5-7-14(8-6-13)25-20(26)17-16(11-23)24-10-9-12-3-1-2-4-15(12)19(24)18(17)21(25)27/h1-10,16-19H/p+1/t16-,17+,18+,19+/m1/s1. The summed E-state index contributed by atoms with van der Waals surface area (Å²) in [6.07, 6.45) is 3.89. The fourth-order valence-corrected chi connectivity index (χ4v) is 4.86. The topological polar surface area (TPSA) is 65.6 Å². The molecule has 0 bridgehead atoms. The van der Waals surface area contributed by atoms with Gasteiger partial charge in [0.1, 0.15) is 23.9 Å². The molecular weight excluding hydrogens is 362 g/mol. The Morgan fingerprint density at radius 1 is 1.00 bits per heavy atom. The van der Waals surface area contributed by atoms with Crippen LogP contribution in [0.1, 0.15) is 17.2 Å². The lowest BCUT2D eigenvalue weighted by Gasteiger charge is -2.28. The Morgan fingerprint density at radius 2 is 1.70 bits per heavy atom. The van der Waals surface area contributed by atoms with Gasteiger partial charge in [0.25, 0.3) is 0 Å². The Labute approximate surface area is 161 Å². The lowest BCUT2D eigenvalue weighted by Crippen LogP contribution is -3.10. The van der Waals surface area contributed by atoms with Crippen LogP contribution in [0.4, 0.5) is 5.69 Å². The first-order valence-electron chi connectivity index (χ1n) is 8.78. The first kappa shape index (κ1) is 16.2. The van der Waals surface area contributed by atoms with Gasteiger partial charge in [-0.25, -0.2) is 4.90 Å². The minimum atomic E-state index is -0.644. The SMILES string of the molecule is N#C[C@@H]1[C@@H]2C(=O)N(c3ccc(Cl)cc3)C(=O)[C@@H]2[C@@H]2c3ccccc3C=C[NH+]12. The highest BCUT2D eigenvalue weighted by molar-refractivity contribution is 6.30. The van der Waals surface area contributed by atoms with Crippen LogP contribution in [0, 0.1) is 23.2 Å². The number of nitrogens with one attached hydrogen (secondary N) is 1. The van der Waals surface area contributed by atoms with Crippen LogP contribution in [0.3, 0.4) is 0 Å². The summed E-state index contributed by atoms with van der Waals surface area (Å²) in [6, 6.07) is 16.0. The second-order valence-corrected chi connectivity index (χ2v) is 7.52. The molecule has 1 N–H and O–H groups in total. The molecule has 5 nitrogen and oxygen atoms in total. The lowest BCUT2D eigenvalue weighted by atomic mass is 9.85. The molecule has 2 aromatic rings. The fourth-order valence-electron chi connectivity index (χ4n) is 4.73. The van der Waals surface area contributed by atoms with Crippen molar-refractivity contribution in [3.8, 4) is 6.07 Å². The highest BCUT2D eigenvalue weighted by Crippen LogP contribution is 2.44. The first-order chi connectivity index (χ1) is 13.1. The zero-order valence-corrected chi connectivity index (χ0v) is 14.9. The van der Waals surface area contributed by atoms with Crippen LogP contribution >= 0.6 is 11.6 Å². The van der Waals surface area contributed by atoms with Crippen molar-refractivity contribution >= 4 is 35.2 Å². The monoisotopic (exact) mass is 376 g/mol. The molecule has 3 heterocycles. The molecule has 5 rings (SSSR count). The van der Waals surface area contributed by atoms with Gasteiger partial charge in [0.2, 0.25) is 11.8 Å². The van der Waals surface area contributed by atoms with Crippen LogP contribution in [0.25, 0.3) is 6.08 Å². The Hall–Kier alpha value is -2.94. The van der Waals surface area contributed by atoms with Crippen molar-refractivity contribution in [3.05, 3.63) is 70.9 Å². The van der Waals surface area contributed by atoms with Crippen molar-refractivity contribution in [1.82, 2.24) is 0 Å². The Bertz CT molecular complexity index is 1040. The normalized spacial score (nSPS) is 30.7. The molecule has 132 valence electrons. The van der Waals surface area contributed by atoms with Crippen LogP contribution < -0.4 is 9.80 Å². The van der Waals surface area contributed by atoms with Crippen molar-refractivity contribution in [2.75, 3.05) is 4.90 Å². The third-order valence-corrected chi connectivity index (χ3v) is 6.10. The maximum atomic E-state index is 13.3. The van der Waals surface area contributed by atoms with Gasteiger partial charge in [-0.2, -0.15) is 5.26 Å². The number of amides is 2. The van der Waals surface area contributed by atoms with E-state index in [1.54, 1.807) is 24.3 Å². The molecule has 2 amide bonds. The molecule has 6 heteroatoms. The number of benzene rings is 2. The summed E-state index contributed by atoms with van der Waals surface area (Å²) in [6.45, 7) is 0. The number of carbonyl (C=O) groups excluding carboxylic acids is 2. The predicted octanol–water partition coefficient (Wildman–Crippen LogP) is 1.96. The average molecular weight is 377 g/mol. The van der Waals surface area contributed by atoms with Crippen LogP contribution in [-0.4, -0.2) is 17.9 Å². The van der Waals surface area contributed by atoms with Crippen molar-refractivity contribution in [3.63, 3.8) is 0 Å². The summed E-state index contributed by atoms with van der Waals surface area (Å²) < 4.78 is 0. The van der Waals surface area contributed by atoms with E-state index < -0.39 is 17.9 Å². The number of carbonyl (C=O) groups is 2. The number of halogens is 1. The smallest absolute Gasteiger partial charge is 0.245 e. The van der Waals surface area contributed by atoms with Crippen LogP contribution in [0.15, 0.2) is 54.7 Å². The van der Waals surface area contributed by atoms with Crippen molar-refractivity contribution in [1.29, 1.82) is 5.26 Å². The molecule has 1 unspecified atom stereocenters. The van der Waals surface area contributed by atoms with Gasteiger partial charge in [-0.3, -0.25) is 14.5 Å². The average Bonchev–Trinajstić information content (AvgIpc) is 3.15. The number of anilines is 1. The van der Waals surface area contributed by atoms with E-state index in [4.69, 9.17) is 11.6 Å². The summed E-state index contributed by atoms with van der Waals surface area (Å²) >= 11 is 5.94. The van der Waals surface area contributed by atoms with Crippen molar-refractivity contribution < 1.29 is 14.5 Å². The Morgan fingerprint density at radius 3 is 2.44 bits per heavy atom. The molecule has 0 aliphatic carbocycles. The number of hydrogen-bond acceptors (Lipinski definition) is 3. The molecule has 0 saturated carbocycles. The van der Waals surface area contributed by atoms with Crippen LogP contribution in [-0.2, 0) is 9.59 Å². The summed E-state index contributed by atoms with van der Waals surface area (Å²) in [4.78, 5) is 28.6.